The van der Waals surface area contributed by atoms with Crippen LogP contribution in [0, 0.1) is 5.82 Å². The van der Waals surface area contributed by atoms with Gasteiger partial charge in [-0.15, -0.1) is 0 Å². The molecule has 5 rings (SSSR count). The van der Waals surface area contributed by atoms with Crippen LogP contribution in [0.5, 0.6) is 0 Å². The van der Waals surface area contributed by atoms with Crippen LogP contribution in [-0.4, -0.2) is 52.3 Å². The average Bonchev–Trinajstić information content (AvgIpc) is 3.29. The minimum absolute atomic E-state index is 0.229. The smallest absolute Gasteiger partial charge is 0.123 e. The molecule has 4 aromatic rings. The fourth-order valence-electron chi connectivity index (χ4n) is 4.55. The summed E-state index contributed by atoms with van der Waals surface area (Å²) in [5, 5.41) is 5.51. The molecule has 34 heavy (non-hydrogen) atoms. The summed E-state index contributed by atoms with van der Waals surface area (Å²) in [7, 11) is 0. The molecule has 174 valence electrons. The Bertz CT molecular complexity index is 1230. The molecule has 1 aromatic heterocycles. The third-order valence-electron chi connectivity index (χ3n) is 6.56. The summed E-state index contributed by atoms with van der Waals surface area (Å²) in [6.07, 6.45) is 1.99. The second-order valence-corrected chi connectivity index (χ2v) is 9.14. The van der Waals surface area contributed by atoms with E-state index in [2.05, 4.69) is 53.1 Å². The molecule has 0 atom stereocenters. The van der Waals surface area contributed by atoms with E-state index in [4.69, 9.17) is 16.7 Å². The molecule has 2 heterocycles. The van der Waals surface area contributed by atoms with E-state index in [1.54, 1.807) is 12.1 Å². The fraction of sp³-hybridized carbons (Fsp3) is 0.250. The van der Waals surface area contributed by atoms with Gasteiger partial charge in [0.2, 0.25) is 0 Å². The van der Waals surface area contributed by atoms with Gasteiger partial charge in [-0.05, 0) is 54.1 Å². The first-order valence-corrected chi connectivity index (χ1v) is 12.1. The highest BCUT2D eigenvalue weighted by molar-refractivity contribution is 6.30. The number of hydrogen-bond acceptors (Lipinski definition) is 3. The molecule has 0 amide bonds. The molecule has 0 saturated carbocycles. The van der Waals surface area contributed by atoms with Crippen molar-refractivity contribution in [2.45, 2.75) is 13.5 Å². The minimum atomic E-state index is -0.229. The van der Waals surface area contributed by atoms with Crippen molar-refractivity contribution >= 4 is 11.6 Å². The molecule has 0 unspecified atom stereocenters. The summed E-state index contributed by atoms with van der Waals surface area (Å²) >= 11 is 6.18. The van der Waals surface area contributed by atoms with Crippen LogP contribution >= 0.6 is 11.6 Å². The van der Waals surface area contributed by atoms with Gasteiger partial charge in [0.25, 0.3) is 0 Å². The van der Waals surface area contributed by atoms with Crippen molar-refractivity contribution in [1.82, 2.24) is 19.6 Å². The Labute approximate surface area is 205 Å². The van der Waals surface area contributed by atoms with Gasteiger partial charge >= 0.3 is 0 Å². The molecule has 4 nitrogen and oxygen atoms in total. The van der Waals surface area contributed by atoms with Crippen LogP contribution in [0.25, 0.3) is 28.1 Å². The van der Waals surface area contributed by atoms with Crippen molar-refractivity contribution in [1.29, 1.82) is 0 Å². The van der Waals surface area contributed by atoms with Crippen molar-refractivity contribution in [2.24, 2.45) is 0 Å². The van der Waals surface area contributed by atoms with Gasteiger partial charge in [0.1, 0.15) is 5.82 Å². The maximum absolute atomic E-state index is 13.3. The van der Waals surface area contributed by atoms with E-state index in [1.807, 2.05) is 23.0 Å². The number of halogens is 2. The first-order chi connectivity index (χ1) is 16.6. The number of piperazine rings is 1. The van der Waals surface area contributed by atoms with Crippen LogP contribution in [0.15, 0.2) is 79.0 Å². The van der Waals surface area contributed by atoms with Gasteiger partial charge in [-0.25, -0.2) is 9.07 Å². The first kappa shape index (κ1) is 22.8. The number of likely N-dealkylation sites (N-methyl/N-ethyl adjacent to an activating group) is 1. The maximum Gasteiger partial charge on any atom is 0.123 e. The van der Waals surface area contributed by atoms with E-state index >= 15 is 0 Å². The van der Waals surface area contributed by atoms with E-state index in [9.17, 15) is 4.39 Å². The summed E-state index contributed by atoms with van der Waals surface area (Å²) in [5.41, 5.74) is 6.39. The van der Waals surface area contributed by atoms with Gasteiger partial charge in [-0.3, -0.25) is 4.90 Å². The number of hydrogen-bond donors (Lipinski definition) is 0. The lowest BCUT2D eigenvalue weighted by Gasteiger charge is -2.34. The Morgan fingerprint density at radius 3 is 1.94 bits per heavy atom. The summed E-state index contributed by atoms with van der Waals surface area (Å²) < 4.78 is 15.3. The topological polar surface area (TPSA) is 24.3 Å². The van der Waals surface area contributed by atoms with Crippen LogP contribution in [0.3, 0.4) is 0 Å². The molecule has 1 saturated heterocycles. The van der Waals surface area contributed by atoms with Gasteiger partial charge in [0.15, 0.2) is 0 Å². The molecular weight excluding hydrogens is 447 g/mol. The normalized spacial score (nSPS) is 15.0. The molecule has 1 aliphatic heterocycles. The summed E-state index contributed by atoms with van der Waals surface area (Å²) in [5.74, 6) is -0.229. The molecule has 3 aromatic carbocycles. The molecule has 0 N–H and O–H groups in total. The van der Waals surface area contributed by atoms with Crippen LogP contribution in [0.1, 0.15) is 12.5 Å². The highest BCUT2D eigenvalue weighted by Crippen LogP contribution is 2.30. The Morgan fingerprint density at radius 1 is 0.765 bits per heavy atom. The minimum Gasteiger partial charge on any atom is -0.301 e. The SMILES string of the molecule is CCN1CCN(Cc2cnn(-c3ccc(-c4ccc(F)cc4)cc3)c2-c2ccc(Cl)cc2)CC1. The molecule has 0 spiro atoms. The second-order valence-electron chi connectivity index (χ2n) is 8.70. The third-order valence-corrected chi connectivity index (χ3v) is 6.81. The Kier molecular flexibility index (Phi) is 6.77. The van der Waals surface area contributed by atoms with Crippen LogP contribution < -0.4 is 0 Å². The molecule has 0 bridgehead atoms. The summed E-state index contributed by atoms with van der Waals surface area (Å²) in [6, 6.07) is 22.8. The van der Waals surface area contributed by atoms with E-state index in [-0.39, 0.29) is 5.82 Å². The maximum atomic E-state index is 13.3. The zero-order chi connectivity index (χ0) is 23.5. The van der Waals surface area contributed by atoms with Gasteiger partial charge in [-0.2, -0.15) is 5.10 Å². The van der Waals surface area contributed by atoms with Crippen molar-refractivity contribution in [3.05, 3.63) is 95.4 Å². The lowest BCUT2D eigenvalue weighted by molar-refractivity contribution is 0.132. The zero-order valence-corrected chi connectivity index (χ0v) is 20.0. The third kappa shape index (κ3) is 4.92. The Hall–Kier alpha value is -2.99. The molecule has 0 radical (unpaired) electrons. The molecule has 0 aliphatic carbocycles. The average molecular weight is 475 g/mol. The van der Waals surface area contributed by atoms with E-state index < -0.39 is 0 Å². The first-order valence-electron chi connectivity index (χ1n) is 11.7. The number of rotatable bonds is 6. The molecule has 6 heteroatoms. The second kappa shape index (κ2) is 10.1. The predicted octanol–water partition coefficient (Wildman–Crippen LogP) is 6.14. The fourth-order valence-corrected chi connectivity index (χ4v) is 4.68. The van der Waals surface area contributed by atoms with Gasteiger partial charge in [0.05, 0.1) is 17.6 Å². The van der Waals surface area contributed by atoms with Crippen molar-refractivity contribution < 1.29 is 4.39 Å². The number of aromatic nitrogens is 2. The molecule has 1 aliphatic rings. The molecule has 1 fully saturated rings. The Balaban J connectivity index is 1.47. The van der Waals surface area contributed by atoms with Gasteiger partial charge < -0.3 is 4.90 Å². The standard InChI is InChI=1S/C28H28ClFN4/c1-2-32-15-17-33(18-16-32)20-24-19-31-34(28(24)23-3-9-25(29)10-4-23)27-13-7-22(8-14-27)21-5-11-26(30)12-6-21/h3-14,19H,2,15-18,20H2,1H3. The Morgan fingerprint density at radius 2 is 1.32 bits per heavy atom. The number of benzene rings is 3. The number of nitrogens with zero attached hydrogens (tertiary/aromatic N) is 4. The van der Waals surface area contributed by atoms with Crippen molar-refractivity contribution in [2.75, 3.05) is 32.7 Å². The summed E-state index contributed by atoms with van der Waals surface area (Å²) in [4.78, 5) is 4.99. The van der Waals surface area contributed by atoms with Crippen molar-refractivity contribution in [3.63, 3.8) is 0 Å². The van der Waals surface area contributed by atoms with E-state index in [1.165, 1.54) is 17.7 Å². The van der Waals surface area contributed by atoms with Crippen molar-refractivity contribution in [3.8, 4) is 28.1 Å². The zero-order valence-electron chi connectivity index (χ0n) is 19.3. The molecular formula is C28H28ClFN4. The highest BCUT2D eigenvalue weighted by Gasteiger charge is 2.20. The monoisotopic (exact) mass is 474 g/mol. The largest absolute Gasteiger partial charge is 0.301 e. The lowest BCUT2D eigenvalue weighted by atomic mass is 10.0. The summed E-state index contributed by atoms with van der Waals surface area (Å²) in [6.45, 7) is 8.52. The lowest BCUT2D eigenvalue weighted by Crippen LogP contribution is -2.45. The highest BCUT2D eigenvalue weighted by atomic mass is 35.5. The van der Waals surface area contributed by atoms with Gasteiger partial charge in [-0.1, -0.05) is 54.9 Å². The van der Waals surface area contributed by atoms with E-state index in [0.717, 1.165) is 72.4 Å². The van der Waals surface area contributed by atoms with E-state index in [0.29, 0.717) is 0 Å². The van der Waals surface area contributed by atoms with Crippen LogP contribution in [-0.2, 0) is 6.54 Å². The quantitative estimate of drug-likeness (QED) is 0.335. The predicted molar refractivity (Wildman–Crippen MR) is 137 cm³/mol. The van der Waals surface area contributed by atoms with Crippen LogP contribution in [0.2, 0.25) is 5.02 Å². The van der Waals surface area contributed by atoms with Gasteiger partial charge in [0, 0.05) is 48.9 Å². The van der Waals surface area contributed by atoms with Crippen LogP contribution in [0.4, 0.5) is 4.39 Å².